The Balaban J connectivity index is 1.61. The lowest BCUT2D eigenvalue weighted by Gasteiger charge is -2.27. The van der Waals surface area contributed by atoms with E-state index in [1.54, 1.807) is 49.6 Å². The van der Waals surface area contributed by atoms with Gasteiger partial charge in [-0.3, -0.25) is 9.59 Å². The molecule has 1 amide bonds. The zero-order chi connectivity index (χ0) is 25.2. The maximum atomic E-state index is 13.3. The number of carbonyl (C=O) groups is 2. The summed E-state index contributed by atoms with van der Waals surface area (Å²) >= 11 is 0. The molecule has 0 spiro atoms. The fourth-order valence-corrected chi connectivity index (χ4v) is 4.81. The predicted molar refractivity (Wildman–Crippen MR) is 137 cm³/mol. The molecule has 0 radical (unpaired) electrons. The van der Waals surface area contributed by atoms with E-state index in [0.29, 0.717) is 29.0 Å². The number of hydrogen-bond acceptors (Lipinski definition) is 5. The summed E-state index contributed by atoms with van der Waals surface area (Å²) in [4.78, 5) is 31.4. The highest BCUT2D eigenvalue weighted by Gasteiger charge is 2.47. The Bertz CT molecular complexity index is 1470. The Kier molecular flexibility index (Phi) is 6.21. The highest BCUT2D eigenvalue weighted by atomic mass is 16.5. The second kappa shape index (κ2) is 9.62. The molecule has 2 heterocycles. The fraction of sp³-hybridized carbons (Fsp3) is 0.172. The van der Waals surface area contributed by atoms with Crippen molar-refractivity contribution in [3.05, 3.63) is 101 Å². The maximum absolute atomic E-state index is 13.3. The van der Waals surface area contributed by atoms with Gasteiger partial charge < -0.3 is 24.5 Å². The van der Waals surface area contributed by atoms with Crippen molar-refractivity contribution in [3.8, 4) is 11.5 Å². The number of carbonyl (C=O) groups excluding carboxylic acids is 2. The van der Waals surface area contributed by atoms with E-state index in [4.69, 9.17) is 9.47 Å². The topological polar surface area (TPSA) is 91.9 Å². The molecule has 36 heavy (non-hydrogen) atoms. The molecule has 1 saturated heterocycles. The van der Waals surface area contributed by atoms with E-state index in [9.17, 15) is 14.7 Å². The van der Waals surface area contributed by atoms with Crippen LogP contribution in [0, 0.1) is 0 Å². The maximum Gasteiger partial charge on any atom is 0.295 e. The van der Waals surface area contributed by atoms with Crippen LogP contribution in [0.3, 0.4) is 0 Å². The number of methoxy groups -OCH3 is 2. The van der Waals surface area contributed by atoms with Gasteiger partial charge in [0.2, 0.25) is 0 Å². The van der Waals surface area contributed by atoms with Crippen molar-refractivity contribution in [2.75, 3.05) is 20.8 Å². The van der Waals surface area contributed by atoms with Crippen molar-refractivity contribution < 1.29 is 24.2 Å². The number of aliphatic hydroxyl groups excluding tert-OH is 1. The Morgan fingerprint density at radius 3 is 2.47 bits per heavy atom. The number of ether oxygens (including phenoxy) is 2. The van der Waals surface area contributed by atoms with Crippen LogP contribution in [0.5, 0.6) is 11.5 Å². The first kappa shape index (κ1) is 23.2. The lowest BCUT2D eigenvalue weighted by atomic mass is 9.94. The third kappa shape index (κ3) is 3.98. The number of nitrogens with zero attached hydrogens (tertiary/aromatic N) is 1. The van der Waals surface area contributed by atoms with E-state index in [-0.39, 0.29) is 17.9 Å². The third-order valence-electron chi connectivity index (χ3n) is 6.62. The summed E-state index contributed by atoms with van der Waals surface area (Å²) < 4.78 is 11.0. The lowest BCUT2D eigenvalue weighted by Crippen LogP contribution is -2.31. The Hall–Kier alpha value is -4.52. The van der Waals surface area contributed by atoms with Gasteiger partial charge in [-0.15, -0.1) is 0 Å². The highest BCUT2D eigenvalue weighted by Crippen LogP contribution is 2.43. The number of amides is 1. The van der Waals surface area contributed by atoms with Gasteiger partial charge in [-0.2, -0.15) is 0 Å². The molecule has 1 aliphatic heterocycles. The zero-order valence-corrected chi connectivity index (χ0v) is 20.0. The number of nitrogens with one attached hydrogen (secondary N) is 1. The smallest absolute Gasteiger partial charge is 0.295 e. The number of para-hydroxylation sites is 1. The van der Waals surface area contributed by atoms with Gasteiger partial charge in [0.05, 0.1) is 25.8 Å². The van der Waals surface area contributed by atoms with Crippen LogP contribution in [-0.2, 0) is 16.0 Å². The molecule has 2 N–H and O–H groups in total. The van der Waals surface area contributed by atoms with Crippen molar-refractivity contribution in [2.24, 2.45) is 0 Å². The molecule has 5 rings (SSSR count). The van der Waals surface area contributed by atoms with Crippen LogP contribution in [0.1, 0.15) is 22.7 Å². The quantitative estimate of drug-likeness (QED) is 0.223. The number of benzene rings is 3. The molecule has 7 heteroatoms. The molecule has 0 saturated carbocycles. The fourth-order valence-electron chi connectivity index (χ4n) is 4.81. The number of hydrogen-bond donors (Lipinski definition) is 2. The van der Waals surface area contributed by atoms with E-state index >= 15 is 0 Å². The molecule has 1 aromatic heterocycles. The summed E-state index contributed by atoms with van der Waals surface area (Å²) in [5.74, 6) is -0.563. The van der Waals surface area contributed by atoms with Crippen LogP contribution >= 0.6 is 0 Å². The molecule has 4 aromatic rings. The van der Waals surface area contributed by atoms with Crippen molar-refractivity contribution >= 4 is 28.4 Å². The molecule has 1 atom stereocenters. The molecular weight excluding hydrogens is 456 g/mol. The minimum absolute atomic E-state index is 0.0357. The van der Waals surface area contributed by atoms with Gasteiger partial charge in [0, 0.05) is 40.8 Å². The van der Waals surface area contributed by atoms with Gasteiger partial charge in [0.15, 0.2) is 0 Å². The summed E-state index contributed by atoms with van der Waals surface area (Å²) in [6, 6.07) is 21.1. The van der Waals surface area contributed by atoms with Gasteiger partial charge >= 0.3 is 0 Å². The second-order valence-corrected chi connectivity index (χ2v) is 8.58. The summed E-state index contributed by atoms with van der Waals surface area (Å²) in [7, 11) is 3.07. The van der Waals surface area contributed by atoms with Crippen LogP contribution in [0.15, 0.2) is 84.6 Å². The first-order valence-electron chi connectivity index (χ1n) is 11.6. The monoisotopic (exact) mass is 482 g/mol. The van der Waals surface area contributed by atoms with Gasteiger partial charge in [-0.1, -0.05) is 48.5 Å². The zero-order valence-electron chi connectivity index (χ0n) is 20.0. The molecule has 7 nitrogen and oxygen atoms in total. The normalized spacial score (nSPS) is 17.1. The summed E-state index contributed by atoms with van der Waals surface area (Å²) in [6.45, 7) is 0.276. The van der Waals surface area contributed by atoms with Crippen molar-refractivity contribution in [1.29, 1.82) is 0 Å². The van der Waals surface area contributed by atoms with Crippen LogP contribution in [-0.4, -0.2) is 47.4 Å². The van der Waals surface area contributed by atoms with Crippen LogP contribution in [0.4, 0.5) is 0 Å². The number of H-pyrrole nitrogens is 1. The number of ketones is 1. The van der Waals surface area contributed by atoms with Crippen LogP contribution < -0.4 is 9.47 Å². The molecular formula is C29H26N2O5. The average Bonchev–Trinajstić information content (AvgIpc) is 3.45. The highest BCUT2D eigenvalue weighted by molar-refractivity contribution is 6.46. The minimum Gasteiger partial charge on any atom is -0.507 e. The number of aromatic amines is 1. The largest absolute Gasteiger partial charge is 0.507 e. The van der Waals surface area contributed by atoms with Gasteiger partial charge in [-0.25, -0.2) is 0 Å². The van der Waals surface area contributed by atoms with Crippen molar-refractivity contribution in [2.45, 2.75) is 12.5 Å². The first-order valence-corrected chi connectivity index (χ1v) is 11.6. The number of aromatic nitrogens is 1. The lowest BCUT2D eigenvalue weighted by molar-refractivity contribution is -0.139. The van der Waals surface area contributed by atoms with E-state index in [2.05, 4.69) is 4.98 Å². The van der Waals surface area contributed by atoms with E-state index < -0.39 is 17.7 Å². The van der Waals surface area contributed by atoms with Gasteiger partial charge in [0.1, 0.15) is 17.3 Å². The van der Waals surface area contributed by atoms with Gasteiger partial charge in [-0.05, 0) is 30.2 Å². The number of aliphatic hydroxyl groups is 1. The number of rotatable bonds is 7. The molecule has 1 aliphatic rings. The second-order valence-electron chi connectivity index (χ2n) is 8.58. The van der Waals surface area contributed by atoms with E-state index in [1.807, 2.05) is 36.5 Å². The van der Waals surface area contributed by atoms with Crippen LogP contribution in [0.25, 0.3) is 16.7 Å². The predicted octanol–water partition coefficient (Wildman–Crippen LogP) is 4.85. The Morgan fingerprint density at radius 1 is 0.972 bits per heavy atom. The average molecular weight is 483 g/mol. The SMILES string of the molecule is COc1ccc(C2C(=C(O)c3ccccc3)C(=O)C(=O)N2CCc2c[nH]c3ccccc23)c(OC)c1. The van der Waals surface area contributed by atoms with E-state index in [1.165, 1.54) is 12.0 Å². The Morgan fingerprint density at radius 2 is 1.72 bits per heavy atom. The summed E-state index contributed by atoms with van der Waals surface area (Å²) in [5.41, 5.74) is 3.13. The van der Waals surface area contributed by atoms with Crippen molar-refractivity contribution in [1.82, 2.24) is 9.88 Å². The molecule has 0 bridgehead atoms. The summed E-state index contributed by atoms with van der Waals surface area (Å²) in [5, 5.41) is 12.3. The van der Waals surface area contributed by atoms with Crippen LogP contribution in [0.2, 0.25) is 0 Å². The first-order chi connectivity index (χ1) is 17.5. The molecule has 1 fully saturated rings. The number of likely N-dealkylation sites (tertiary alicyclic amines) is 1. The summed E-state index contributed by atoms with van der Waals surface area (Å²) in [6.07, 6.45) is 2.45. The van der Waals surface area contributed by atoms with Gasteiger partial charge in [0.25, 0.3) is 11.7 Å². The van der Waals surface area contributed by atoms with E-state index in [0.717, 1.165) is 16.5 Å². The minimum atomic E-state index is -0.823. The third-order valence-corrected chi connectivity index (χ3v) is 6.62. The molecule has 0 aliphatic carbocycles. The molecule has 3 aromatic carbocycles. The standard InChI is InChI=1S/C29H26N2O5/c1-35-20-12-13-22(24(16-20)36-2)26-25(27(32)18-8-4-3-5-9-18)28(33)29(34)31(26)15-14-19-17-30-23-11-7-6-10-21(19)23/h3-13,16-17,26,30,32H,14-15H2,1-2H3. The number of Topliss-reactive ketones (excluding diaryl/α,β-unsaturated/α-hetero) is 1. The molecule has 1 unspecified atom stereocenters. The van der Waals surface area contributed by atoms with Crippen molar-refractivity contribution in [3.63, 3.8) is 0 Å². The number of fused-ring (bicyclic) bond motifs is 1. The Labute approximate surface area is 208 Å². The molecule has 182 valence electrons.